The van der Waals surface area contributed by atoms with Crippen LogP contribution in [0, 0.1) is 0 Å². The molecule has 3 aromatic heterocycles. The maximum Gasteiger partial charge on any atom is 0.328 e. The highest BCUT2D eigenvalue weighted by atomic mass is 35.5. The number of benzene rings is 1. The van der Waals surface area contributed by atoms with Gasteiger partial charge in [0.05, 0.1) is 10.7 Å². The molecule has 5 rings (SSSR count). The fraction of sp³-hybridized carbons (Fsp3) is 0.241. The fourth-order valence-corrected chi connectivity index (χ4v) is 4.57. The van der Waals surface area contributed by atoms with Crippen molar-refractivity contribution in [3.63, 3.8) is 0 Å². The van der Waals surface area contributed by atoms with Crippen LogP contribution >= 0.6 is 11.6 Å². The molecule has 0 amide bonds. The van der Waals surface area contributed by atoms with Crippen LogP contribution in [0.3, 0.4) is 0 Å². The van der Waals surface area contributed by atoms with Crippen LogP contribution in [-0.2, 0) is 29.2 Å². The van der Waals surface area contributed by atoms with E-state index < -0.39 is 11.9 Å². The highest BCUT2D eigenvalue weighted by Gasteiger charge is 2.16. The Morgan fingerprint density at radius 3 is 2.46 bits per heavy atom. The topological polar surface area (TPSA) is 127 Å². The van der Waals surface area contributed by atoms with E-state index in [0.29, 0.717) is 29.5 Å². The monoisotopic (exact) mass is 582 g/mol. The first kappa shape index (κ1) is 29.5. The first-order chi connectivity index (χ1) is 19.7. The summed E-state index contributed by atoms with van der Waals surface area (Å²) in [7, 11) is 0. The Hall–Kier alpha value is -4.48. The van der Waals surface area contributed by atoms with Crippen molar-refractivity contribution in [3.8, 4) is 11.4 Å². The number of nitrogens with zero attached hydrogens (tertiary/aromatic N) is 4. The lowest BCUT2D eigenvalue weighted by molar-refractivity contribution is -0.134. The van der Waals surface area contributed by atoms with Crippen LogP contribution in [0.1, 0.15) is 11.4 Å². The molecule has 10 nitrogen and oxygen atoms in total. The van der Waals surface area contributed by atoms with E-state index in [1.807, 2.05) is 12.1 Å². The number of carboxylic acid groups (broad SMARTS) is 2. The molecule has 2 N–H and O–H groups in total. The summed E-state index contributed by atoms with van der Waals surface area (Å²) in [5.74, 6) is -2.03. The molecule has 12 heteroatoms. The van der Waals surface area contributed by atoms with E-state index >= 15 is 0 Å². The van der Waals surface area contributed by atoms with E-state index in [1.165, 1.54) is 11.8 Å². The highest BCUT2D eigenvalue weighted by Crippen LogP contribution is 2.25. The van der Waals surface area contributed by atoms with E-state index in [1.54, 1.807) is 35.2 Å². The lowest BCUT2D eigenvalue weighted by Gasteiger charge is -2.17. The summed E-state index contributed by atoms with van der Waals surface area (Å²) < 4.78 is 22.4. The number of carbonyl (C=O) groups is 2. The van der Waals surface area contributed by atoms with Gasteiger partial charge in [0, 0.05) is 85.5 Å². The number of aromatic nitrogens is 3. The number of aliphatic carboxylic acids is 2. The second kappa shape index (κ2) is 13.7. The lowest BCUT2D eigenvalue weighted by Crippen LogP contribution is -2.29. The Morgan fingerprint density at radius 2 is 1.80 bits per heavy atom. The number of rotatable bonds is 8. The average Bonchev–Trinajstić information content (AvgIpc) is 3.18. The third-order valence-electron chi connectivity index (χ3n) is 6.41. The summed E-state index contributed by atoms with van der Waals surface area (Å²) in [6.07, 6.45) is 5.29. The summed E-state index contributed by atoms with van der Waals surface area (Å²) in [6.45, 7) is 2.98. The van der Waals surface area contributed by atoms with Crippen LogP contribution in [0.5, 0.6) is 5.75 Å². The Labute approximate surface area is 239 Å². The summed E-state index contributed by atoms with van der Waals surface area (Å²) in [4.78, 5) is 38.2. The molecule has 0 atom stereocenters. The zero-order chi connectivity index (χ0) is 29.4. The molecule has 1 aliphatic heterocycles. The minimum Gasteiger partial charge on any atom is -0.487 e. The molecule has 0 unspecified atom stereocenters. The number of hydrogen-bond acceptors (Lipinski definition) is 6. The summed E-state index contributed by atoms with van der Waals surface area (Å²) in [6, 6.07) is 15.0. The SMILES string of the molecule is O=C(O)/C=C\C(=O)O.O=c1cc(OCc2ccc(Cl)cn2)ccn1-c1ccc2c(c1)cc1n2CCN(CCF)CC1. The first-order valence-electron chi connectivity index (χ1n) is 12.7. The Kier molecular flexibility index (Phi) is 9.88. The molecule has 0 fully saturated rings. The van der Waals surface area contributed by atoms with Gasteiger partial charge in [-0.3, -0.25) is 19.2 Å². The van der Waals surface area contributed by atoms with E-state index in [-0.39, 0.29) is 18.8 Å². The van der Waals surface area contributed by atoms with Crippen molar-refractivity contribution in [2.75, 3.05) is 26.3 Å². The Morgan fingerprint density at radius 1 is 1.02 bits per heavy atom. The number of ether oxygens (including phenoxy) is 1. The second-order valence-corrected chi connectivity index (χ2v) is 9.58. The van der Waals surface area contributed by atoms with Gasteiger partial charge in [-0.25, -0.2) is 14.0 Å². The smallest absolute Gasteiger partial charge is 0.328 e. The van der Waals surface area contributed by atoms with Crippen molar-refractivity contribution in [2.24, 2.45) is 0 Å². The second-order valence-electron chi connectivity index (χ2n) is 9.15. The lowest BCUT2D eigenvalue weighted by atomic mass is 10.2. The summed E-state index contributed by atoms with van der Waals surface area (Å²) in [5, 5.41) is 17.3. The quantitative estimate of drug-likeness (QED) is 0.299. The first-order valence-corrected chi connectivity index (χ1v) is 13.1. The van der Waals surface area contributed by atoms with Crippen molar-refractivity contribution in [3.05, 3.63) is 99.8 Å². The number of pyridine rings is 2. The molecule has 214 valence electrons. The Balaban J connectivity index is 0.000000426. The number of fused-ring (bicyclic) bond motifs is 3. The third kappa shape index (κ3) is 8.03. The van der Waals surface area contributed by atoms with Gasteiger partial charge in [-0.2, -0.15) is 0 Å². The Bertz CT molecular complexity index is 1600. The van der Waals surface area contributed by atoms with Gasteiger partial charge in [0.1, 0.15) is 19.0 Å². The zero-order valence-corrected chi connectivity index (χ0v) is 22.7. The number of hydrogen-bond donors (Lipinski definition) is 2. The number of halogens is 2. The van der Waals surface area contributed by atoms with Gasteiger partial charge in [-0.15, -0.1) is 0 Å². The van der Waals surface area contributed by atoms with Gasteiger partial charge in [0.2, 0.25) is 0 Å². The number of carboxylic acids is 2. The highest BCUT2D eigenvalue weighted by molar-refractivity contribution is 6.30. The molecule has 0 aliphatic carbocycles. The maximum absolute atomic E-state index is 12.8. The molecule has 1 aliphatic rings. The van der Waals surface area contributed by atoms with Crippen LogP contribution < -0.4 is 10.3 Å². The van der Waals surface area contributed by atoms with E-state index in [2.05, 4.69) is 26.6 Å². The van der Waals surface area contributed by atoms with Crippen molar-refractivity contribution in [1.82, 2.24) is 19.0 Å². The average molecular weight is 583 g/mol. The van der Waals surface area contributed by atoms with Gasteiger partial charge >= 0.3 is 11.9 Å². The minimum absolute atomic E-state index is 0.168. The predicted octanol–water partition coefficient (Wildman–Crippen LogP) is 3.96. The molecular weight excluding hydrogens is 555 g/mol. The van der Waals surface area contributed by atoms with Gasteiger partial charge in [0.25, 0.3) is 5.56 Å². The maximum atomic E-state index is 12.8. The number of alkyl halides is 1. The van der Waals surface area contributed by atoms with Crippen LogP contribution in [-0.4, -0.2) is 67.5 Å². The van der Waals surface area contributed by atoms with Crippen LogP contribution in [0.25, 0.3) is 16.6 Å². The van der Waals surface area contributed by atoms with Gasteiger partial charge in [0.15, 0.2) is 0 Å². The molecule has 4 heterocycles. The summed E-state index contributed by atoms with van der Waals surface area (Å²) in [5.41, 5.74) is 3.75. The molecule has 0 spiro atoms. The van der Waals surface area contributed by atoms with E-state index in [0.717, 1.165) is 48.3 Å². The van der Waals surface area contributed by atoms with Crippen LogP contribution in [0.2, 0.25) is 5.02 Å². The van der Waals surface area contributed by atoms with Crippen molar-refractivity contribution in [2.45, 2.75) is 19.6 Å². The van der Waals surface area contributed by atoms with Crippen LogP contribution in [0.15, 0.2) is 77.9 Å². The normalized spacial score (nSPS) is 13.3. The summed E-state index contributed by atoms with van der Waals surface area (Å²) >= 11 is 5.85. The standard InChI is InChI=1S/C25H24ClFN4O2.C4H4O4/c26-19-1-2-20(28-16-19)17-33-23-6-9-31(25(32)15-23)21-3-4-24-18(13-21)14-22-5-8-29(10-7-27)11-12-30(22)24;5-3(6)1-2-4(7)8/h1-4,6,9,13-16H,5,7-8,10-12,17H2;1-2H,(H,5,6)(H,7,8)/b;2-1-. The van der Waals surface area contributed by atoms with Gasteiger partial charge in [-0.1, -0.05) is 11.6 Å². The molecule has 0 radical (unpaired) electrons. The molecule has 41 heavy (non-hydrogen) atoms. The minimum atomic E-state index is -1.26. The molecule has 0 saturated carbocycles. The zero-order valence-electron chi connectivity index (χ0n) is 22.0. The van der Waals surface area contributed by atoms with Crippen molar-refractivity contribution >= 4 is 34.4 Å². The van der Waals surface area contributed by atoms with Crippen LogP contribution in [0.4, 0.5) is 4.39 Å². The molecule has 4 aromatic rings. The third-order valence-corrected chi connectivity index (χ3v) is 6.63. The van der Waals surface area contributed by atoms with Gasteiger partial charge < -0.3 is 19.5 Å². The van der Waals surface area contributed by atoms with Crippen molar-refractivity contribution < 1.29 is 28.9 Å². The fourth-order valence-electron chi connectivity index (χ4n) is 4.46. The molecular formula is C29H28ClFN4O6. The van der Waals surface area contributed by atoms with Gasteiger partial charge in [-0.05, 0) is 42.5 Å². The van der Waals surface area contributed by atoms with Crippen molar-refractivity contribution in [1.29, 1.82) is 0 Å². The largest absolute Gasteiger partial charge is 0.487 e. The predicted molar refractivity (Wildman–Crippen MR) is 152 cm³/mol. The van der Waals surface area contributed by atoms with E-state index in [9.17, 15) is 18.8 Å². The molecule has 0 bridgehead atoms. The molecule has 0 saturated heterocycles. The van der Waals surface area contributed by atoms with E-state index in [4.69, 9.17) is 26.6 Å². The molecule has 1 aromatic carbocycles.